The van der Waals surface area contributed by atoms with Crippen molar-refractivity contribution < 1.29 is 23.5 Å². The van der Waals surface area contributed by atoms with Crippen LogP contribution in [0.3, 0.4) is 0 Å². The first kappa shape index (κ1) is 16.7. The molecule has 1 unspecified atom stereocenters. The molecule has 24 heavy (non-hydrogen) atoms. The minimum absolute atomic E-state index is 0.0992. The summed E-state index contributed by atoms with van der Waals surface area (Å²) in [6.07, 6.45) is 1.98. The molecule has 8 heteroatoms. The Labute approximate surface area is 139 Å². The van der Waals surface area contributed by atoms with Gasteiger partial charge in [-0.2, -0.15) is 0 Å². The first-order chi connectivity index (χ1) is 11.6. The number of ether oxygens (including phenoxy) is 1. The second-order valence-corrected chi connectivity index (χ2v) is 5.86. The third-order valence-electron chi connectivity index (χ3n) is 4.31. The standard InChI is InChI=1S/C16H21N3O5/c20-14(11-19-15(21)3-4-16(19)22)17-10-12(13-2-1-7-24-13)18-5-8-23-9-6-18/h1-2,7,12H,3-6,8-11H2,(H,17,20). The number of hydrogen-bond donors (Lipinski definition) is 1. The van der Waals surface area contributed by atoms with Gasteiger partial charge in [0.25, 0.3) is 0 Å². The van der Waals surface area contributed by atoms with Gasteiger partial charge in [0, 0.05) is 32.5 Å². The maximum Gasteiger partial charge on any atom is 0.240 e. The van der Waals surface area contributed by atoms with Gasteiger partial charge in [0.2, 0.25) is 17.7 Å². The first-order valence-electron chi connectivity index (χ1n) is 8.10. The van der Waals surface area contributed by atoms with Gasteiger partial charge in [-0.1, -0.05) is 0 Å². The quantitative estimate of drug-likeness (QED) is 0.731. The molecule has 2 saturated heterocycles. The summed E-state index contributed by atoms with van der Waals surface area (Å²) >= 11 is 0. The fourth-order valence-corrected chi connectivity index (χ4v) is 2.99. The molecule has 1 aromatic heterocycles. The molecule has 0 aromatic carbocycles. The highest BCUT2D eigenvalue weighted by molar-refractivity contribution is 6.04. The molecule has 3 heterocycles. The lowest BCUT2D eigenvalue weighted by Crippen LogP contribution is -2.46. The largest absolute Gasteiger partial charge is 0.468 e. The maximum atomic E-state index is 12.1. The topological polar surface area (TPSA) is 92.1 Å². The van der Waals surface area contributed by atoms with Crippen molar-refractivity contribution in [2.75, 3.05) is 39.4 Å². The lowest BCUT2D eigenvalue weighted by molar-refractivity contribution is -0.142. The van der Waals surface area contributed by atoms with Gasteiger partial charge in [-0.3, -0.25) is 24.2 Å². The minimum atomic E-state index is -0.344. The molecule has 3 amide bonds. The van der Waals surface area contributed by atoms with Crippen LogP contribution in [0.4, 0.5) is 0 Å². The van der Waals surface area contributed by atoms with Crippen molar-refractivity contribution in [2.45, 2.75) is 18.9 Å². The van der Waals surface area contributed by atoms with E-state index in [4.69, 9.17) is 9.15 Å². The number of morpholine rings is 1. The Morgan fingerprint density at radius 3 is 2.54 bits per heavy atom. The van der Waals surface area contributed by atoms with E-state index >= 15 is 0 Å². The van der Waals surface area contributed by atoms with Crippen LogP contribution in [-0.4, -0.2) is 66.9 Å². The molecule has 0 saturated carbocycles. The summed E-state index contributed by atoms with van der Waals surface area (Å²) in [5, 5.41) is 2.81. The molecule has 2 aliphatic rings. The Morgan fingerprint density at radius 2 is 1.92 bits per heavy atom. The Hall–Kier alpha value is -2.19. The van der Waals surface area contributed by atoms with Crippen molar-refractivity contribution >= 4 is 17.7 Å². The highest BCUT2D eigenvalue weighted by atomic mass is 16.5. The van der Waals surface area contributed by atoms with E-state index in [9.17, 15) is 14.4 Å². The van der Waals surface area contributed by atoms with E-state index < -0.39 is 0 Å². The van der Waals surface area contributed by atoms with Crippen molar-refractivity contribution in [1.82, 2.24) is 15.1 Å². The Balaban J connectivity index is 1.57. The number of nitrogens with one attached hydrogen (secondary N) is 1. The zero-order valence-corrected chi connectivity index (χ0v) is 13.4. The molecule has 1 atom stereocenters. The fraction of sp³-hybridized carbons (Fsp3) is 0.562. The van der Waals surface area contributed by atoms with Crippen LogP contribution in [0.25, 0.3) is 0 Å². The van der Waals surface area contributed by atoms with E-state index in [0.717, 1.165) is 23.7 Å². The van der Waals surface area contributed by atoms with E-state index in [0.29, 0.717) is 19.8 Å². The molecule has 1 N–H and O–H groups in total. The minimum Gasteiger partial charge on any atom is -0.468 e. The lowest BCUT2D eigenvalue weighted by atomic mass is 10.1. The summed E-state index contributed by atoms with van der Waals surface area (Å²) in [6.45, 7) is 2.92. The van der Waals surface area contributed by atoms with Crippen molar-refractivity contribution in [2.24, 2.45) is 0 Å². The van der Waals surface area contributed by atoms with Crippen molar-refractivity contribution in [3.8, 4) is 0 Å². The van der Waals surface area contributed by atoms with E-state index in [1.807, 2.05) is 12.1 Å². The number of carbonyl (C=O) groups excluding carboxylic acids is 3. The number of furan rings is 1. The van der Waals surface area contributed by atoms with E-state index in [1.54, 1.807) is 6.26 Å². The number of amides is 3. The summed E-state index contributed by atoms with van der Waals surface area (Å²) in [5.41, 5.74) is 0. The summed E-state index contributed by atoms with van der Waals surface area (Å²) in [4.78, 5) is 38.5. The van der Waals surface area contributed by atoms with Crippen LogP contribution < -0.4 is 5.32 Å². The summed E-state index contributed by atoms with van der Waals surface area (Å²) in [5.74, 6) is -0.147. The van der Waals surface area contributed by atoms with E-state index in [-0.39, 0.29) is 43.1 Å². The molecule has 8 nitrogen and oxygen atoms in total. The van der Waals surface area contributed by atoms with Crippen LogP contribution in [-0.2, 0) is 19.1 Å². The van der Waals surface area contributed by atoms with E-state index in [2.05, 4.69) is 10.2 Å². The molecule has 130 valence electrons. The number of carbonyl (C=O) groups is 3. The SMILES string of the molecule is O=C(CN1C(=O)CCC1=O)NCC(c1ccco1)N1CCOCC1. The second-order valence-electron chi connectivity index (χ2n) is 5.86. The maximum absolute atomic E-state index is 12.1. The molecule has 3 rings (SSSR count). The molecule has 0 bridgehead atoms. The number of hydrogen-bond acceptors (Lipinski definition) is 6. The van der Waals surface area contributed by atoms with Crippen LogP contribution in [0.1, 0.15) is 24.6 Å². The van der Waals surface area contributed by atoms with Gasteiger partial charge in [0.1, 0.15) is 12.3 Å². The summed E-state index contributed by atoms with van der Waals surface area (Å²) in [7, 11) is 0. The Morgan fingerprint density at radius 1 is 1.21 bits per heavy atom. The third-order valence-corrected chi connectivity index (χ3v) is 4.31. The van der Waals surface area contributed by atoms with E-state index in [1.165, 1.54) is 0 Å². The average molecular weight is 335 g/mol. The average Bonchev–Trinajstić information content (AvgIpc) is 3.22. The van der Waals surface area contributed by atoms with Crippen LogP contribution in [0, 0.1) is 0 Å². The molecular weight excluding hydrogens is 314 g/mol. The van der Waals surface area contributed by atoms with Crippen molar-refractivity contribution in [3.05, 3.63) is 24.2 Å². The van der Waals surface area contributed by atoms with Gasteiger partial charge in [-0.15, -0.1) is 0 Å². The monoisotopic (exact) mass is 335 g/mol. The van der Waals surface area contributed by atoms with Gasteiger partial charge in [0.05, 0.1) is 25.5 Å². The molecule has 0 spiro atoms. The van der Waals surface area contributed by atoms with Gasteiger partial charge >= 0.3 is 0 Å². The fourth-order valence-electron chi connectivity index (χ4n) is 2.99. The predicted octanol–water partition coefficient (Wildman–Crippen LogP) is -0.0819. The molecule has 0 aliphatic carbocycles. The molecule has 1 aromatic rings. The highest BCUT2D eigenvalue weighted by Gasteiger charge is 2.31. The Bertz CT molecular complexity index is 579. The lowest BCUT2D eigenvalue weighted by Gasteiger charge is -2.33. The van der Waals surface area contributed by atoms with Crippen molar-refractivity contribution in [1.29, 1.82) is 0 Å². The first-order valence-corrected chi connectivity index (χ1v) is 8.10. The smallest absolute Gasteiger partial charge is 0.240 e. The van der Waals surface area contributed by atoms with Crippen LogP contribution in [0.2, 0.25) is 0 Å². The Kier molecular flexibility index (Phi) is 5.27. The van der Waals surface area contributed by atoms with Crippen molar-refractivity contribution in [3.63, 3.8) is 0 Å². The molecule has 2 aliphatic heterocycles. The number of rotatable bonds is 6. The zero-order chi connectivity index (χ0) is 16.9. The molecule has 2 fully saturated rings. The van der Waals surface area contributed by atoms with Crippen LogP contribution in [0.5, 0.6) is 0 Å². The number of imide groups is 1. The van der Waals surface area contributed by atoms with Crippen LogP contribution >= 0.6 is 0 Å². The summed E-state index contributed by atoms with van der Waals surface area (Å²) in [6, 6.07) is 3.59. The molecular formula is C16H21N3O5. The third kappa shape index (κ3) is 3.82. The van der Waals surface area contributed by atoms with Gasteiger partial charge < -0.3 is 14.5 Å². The van der Waals surface area contributed by atoms with Crippen LogP contribution in [0.15, 0.2) is 22.8 Å². The normalized spacial score (nSPS) is 20.4. The van der Waals surface area contributed by atoms with Gasteiger partial charge in [-0.05, 0) is 12.1 Å². The predicted molar refractivity (Wildman–Crippen MR) is 82.8 cm³/mol. The molecule has 0 radical (unpaired) electrons. The number of nitrogens with zero attached hydrogens (tertiary/aromatic N) is 2. The zero-order valence-electron chi connectivity index (χ0n) is 13.4. The second kappa shape index (κ2) is 7.59. The van der Waals surface area contributed by atoms with Gasteiger partial charge in [-0.25, -0.2) is 0 Å². The number of likely N-dealkylation sites (tertiary alicyclic amines) is 1. The summed E-state index contributed by atoms with van der Waals surface area (Å²) < 4.78 is 10.9. The van der Waals surface area contributed by atoms with Gasteiger partial charge in [0.15, 0.2) is 0 Å². The highest BCUT2D eigenvalue weighted by Crippen LogP contribution is 2.21.